The van der Waals surface area contributed by atoms with Gasteiger partial charge in [0.05, 0.1) is 29.5 Å². The van der Waals surface area contributed by atoms with Crippen LogP contribution in [0.15, 0.2) is 47.8 Å². The number of para-hydroxylation sites is 1. The smallest absolute Gasteiger partial charge is 0.261 e. The summed E-state index contributed by atoms with van der Waals surface area (Å²) in [6.07, 6.45) is 5.27. The highest BCUT2D eigenvalue weighted by Crippen LogP contribution is 2.38. The van der Waals surface area contributed by atoms with Gasteiger partial charge in [-0.05, 0) is 31.0 Å². The first-order valence-corrected chi connectivity index (χ1v) is 8.22. The van der Waals surface area contributed by atoms with E-state index in [2.05, 4.69) is 20.3 Å². The number of amides is 1. The van der Waals surface area contributed by atoms with Crippen LogP contribution in [-0.2, 0) is 17.9 Å². The van der Waals surface area contributed by atoms with E-state index in [1.165, 1.54) is 30.1 Å². The van der Waals surface area contributed by atoms with E-state index in [0.717, 1.165) is 11.4 Å². The molecule has 0 atom stereocenters. The number of benzene rings is 1. The molecule has 0 radical (unpaired) electrons. The molecule has 0 spiro atoms. The number of fused-ring (bicyclic) bond motifs is 1. The fraction of sp³-hybridized carbons (Fsp3) is 0.278. The third-order valence-electron chi connectivity index (χ3n) is 4.25. The Labute approximate surface area is 143 Å². The molecule has 0 bridgehead atoms. The number of aromatic nitrogens is 4. The zero-order valence-electron chi connectivity index (χ0n) is 13.6. The van der Waals surface area contributed by atoms with Crippen LogP contribution in [0.1, 0.15) is 30.1 Å². The van der Waals surface area contributed by atoms with Crippen molar-refractivity contribution in [1.82, 2.24) is 24.8 Å². The van der Waals surface area contributed by atoms with Crippen LogP contribution in [0.5, 0.6) is 0 Å². The lowest BCUT2D eigenvalue weighted by Gasteiger charge is -2.08. The normalized spacial score (nSPS) is 13.8. The van der Waals surface area contributed by atoms with Crippen molar-refractivity contribution in [3.05, 3.63) is 64.7 Å². The first-order valence-electron chi connectivity index (χ1n) is 8.22. The van der Waals surface area contributed by atoms with Gasteiger partial charge in [-0.3, -0.25) is 14.2 Å². The molecule has 7 nitrogen and oxygen atoms in total. The second-order valence-electron chi connectivity index (χ2n) is 6.18. The fourth-order valence-electron chi connectivity index (χ4n) is 2.73. The summed E-state index contributed by atoms with van der Waals surface area (Å²) in [6.45, 7) is 0.244. The molecule has 2 heterocycles. The van der Waals surface area contributed by atoms with Crippen molar-refractivity contribution in [2.24, 2.45) is 0 Å². The first kappa shape index (κ1) is 15.4. The van der Waals surface area contributed by atoms with E-state index in [4.69, 9.17) is 0 Å². The Kier molecular flexibility index (Phi) is 3.97. The maximum atomic E-state index is 12.4. The lowest BCUT2D eigenvalue weighted by atomic mass is 10.2. The molecule has 25 heavy (non-hydrogen) atoms. The summed E-state index contributed by atoms with van der Waals surface area (Å²) in [4.78, 5) is 37.2. The molecule has 1 aliphatic rings. The minimum absolute atomic E-state index is 0.0722. The lowest BCUT2D eigenvalue weighted by molar-refractivity contribution is -0.121. The van der Waals surface area contributed by atoms with Crippen molar-refractivity contribution in [1.29, 1.82) is 0 Å². The van der Waals surface area contributed by atoms with Crippen molar-refractivity contribution in [3.8, 4) is 0 Å². The molecule has 2 aromatic heterocycles. The topological polar surface area (TPSA) is 89.8 Å². The molecule has 0 unspecified atom stereocenters. The lowest BCUT2D eigenvalue weighted by Crippen LogP contribution is -2.32. The third-order valence-corrected chi connectivity index (χ3v) is 4.25. The van der Waals surface area contributed by atoms with Crippen LogP contribution in [0.25, 0.3) is 10.9 Å². The zero-order valence-corrected chi connectivity index (χ0v) is 13.6. The summed E-state index contributed by atoms with van der Waals surface area (Å²) in [7, 11) is 0. The average Bonchev–Trinajstić information content (AvgIpc) is 3.48. The van der Waals surface area contributed by atoms with Crippen LogP contribution in [0.4, 0.5) is 0 Å². The van der Waals surface area contributed by atoms with Crippen molar-refractivity contribution < 1.29 is 4.79 Å². The van der Waals surface area contributed by atoms with Crippen LogP contribution in [-0.4, -0.2) is 25.4 Å². The minimum atomic E-state index is -0.259. The largest absolute Gasteiger partial charge is 0.349 e. The highest BCUT2D eigenvalue weighted by atomic mass is 16.2. The average molecular weight is 335 g/mol. The summed E-state index contributed by atoms with van der Waals surface area (Å²) in [5, 5.41) is 3.30. The Hall–Kier alpha value is -3.09. The van der Waals surface area contributed by atoms with E-state index in [9.17, 15) is 9.59 Å². The van der Waals surface area contributed by atoms with Crippen LogP contribution in [0.2, 0.25) is 0 Å². The van der Waals surface area contributed by atoms with Gasteiger partial charge in [0, 0.05) is 11.6 Å². The van der Waals surface area contributed by atoms with E-state index in [-0.39, 0.29) is 18.0 Å². The second kappa shape index (κ2) is 6.43. The molecule has 126 valence electrons. The maximum absolute atomic E-state index is 12.4. The standard InChI is InChI=1S/C18H17N5O2/c24-17(19-8-13-7-16(12-5-6-12)21-10-20-13)9-23-11-22-15-4-2-1-3-14(15)18(23)25/h1-4,7,10-12H,5-6,8-9H2,(H,19,24). The van der Waals surface area contributed by atoms with Gasteiger partial charge in [0.25, 0.3) is 5.56 Å². The maximum Gasteiger partial charge on any atom is 0.261 e. The van der Waals surface area contributed by atoms with E-state index in [1.807, 2.05) is 12.1 Å². The molecule has 1 saturated carbocycles. The summed E-state index contributed by atoms with van der Waals surface area (Å²) in [6, 6.07) is 9.01. The Morgan fingerprint density at radius 3 is 2.88 bits per heavy atom. The number of hydrogen-bond donors (Lipinski definition) is 1. The molecule has 1 amide bonds. The molecule has 0 aliphatic heterocycles. The minimum Gasteiger partial charge on any atom is -0.349 e. The van der Waals surface area contributed by atoms with Crippen molar-refractivity contribution >= 4 is 16.8 Å². The third kappa shape index (κ3) is 3.40. The Morgan fingerprint density at radius 2 is 2.04 bits per heavy atom. The Bertz CT molecular complexity index is 994. The van der Waals surface area contributed by atoms with E-state index >= 15 is 0 Å². The molecule has 3 aromatic rings. The number of hydrogen-bond acceptors (Lipinski definition) is 5. The molecule has 0 saturated heterocycles. The fourth-order valence-corrected chi connectivity index (χ4v) is 2.73. The number of nitrogens with zero attached hydrogens (tertiary/aromatic N) is 4. The summed E-state index contributed by atoms with van der Waals surface area (Å²) < 4.78 is 1.31. The molecule has 1 N–H and O–H groups in total. The summed E-state index contributed by atoms with van der Waals surface area (Å²) >= 11 is 0. The van der Waals surface area contributed by atoms with Gasteiger partial charge < -0.3 is 5.32 Å². The summed E-state index contributed by atoms with van der Waals surface area (Å²) in [5.41, 5.74) is 2.21. The van der Waals surface area contributed by atoms with Gasteiger partial charge in [0.2, 0.25) is 5.91 Å². The van der Waals surface area contributed by atoms with Crippen LogP contribution >= 0.6 is 0 Å². The quantitative estimate of drug-likeness (QED) is 0.761. The zero-order chi connectivity index (χ0) is 17.2. The van der Waals surface area contributed by atoms with Crippen molar-refractivity contribution in [2.45, 2.75) is 31.8 Å². The molecule has 1 aliphatic carbocycles. The monoisotopic (exact) mass is 335 g/mol. The van der Waals surface area contributed by atoms with E-state index < -0.39 is 0 Å². The second-order valence-corrected chi connectivity index (χ2v) is 6.18. The Balaban J connectivity index is 1.43. The van der Waals surface area contributed by atoms with Crippen LogP contribution in [0, 0.1) is 0 Å². The van der Waals surface area contributed by atoms with Gasteiger partial charge >= 0.3 is 0 Å². The SMILES string of the molecule is O=C(Cn1cnc2ccccc2c1=O)NCc1cc(C2CC2)ncn1. The molecular formula is C18H17N5O2. The predicted molar refractivity (Wildman–Crippen MR) is 91.9 cm³/mol. The Morgan fingerprint density at radius 1 is 1.20 bits per heavy atom. The number of carbonyl (C=O) groups is 1. The molecule has 1 aromatic carbocycles. The molecular weight excluding hydrogens is 318 g/mol. The van der Waals surface area contributed by atoms with E-state index in [0.29, 0.717) is 23.4 Å². The number of nitrogens with one attached hydrogen (secondary N) is 1. The van der Waals surface area contributed by atoms with Gasteiger partial charge in [0.15, 0.2) is 0 Å². The molecule has 1 fully saturated rings. The van der Waals surface area contributed by atoms with Gasteiger partial charge in [-0.1, -0.05) is 12.1 Å². The number of carbonyl (C=O) groups excluding carboxylic acids is 1. The predicted octanol–water partition coefficient (Wildman–Crippen LogP) is 1.38. The molecule has 4 rings (SSSR count). The van der Waals surface area contributed by atoms with Crippen LogP contribution in [0.3, 0.4) is 0 Å². The summed E-state index contributed by atoms with van der Waals surface area (Å²) in [5.74, 6) is 0.283. The highest BCUT2D eigenvalue weighted by Gasteiger charge is 2.25. The van der Waals surface area contributed by atoms with Crippen LogP contribution < -0.4 is 10.9 Å². The van der Waals surface area contributed by atoms with Gasteiger partial charge in [0.1, 0.15) is 12.9 Å². The van der Waals surface area contributed by atoms with E-state index in [1.54, 1.807) is 18.2 Å². The van der Waals surface area contributed by atoms with Crippen molar-refractivity contribution in [2.75, 3.05) is 0 Å². The first-order chi connectivity index (χ1) is 12.2. The number of rotatable bonds is 5. The highest BCUT2D eigenvalue weighted by molar-refractivity contribution is 5.78. The molecule has 7 heteroatoms. The van der Waals surface area contributed by atoms with Gasteiger partial charge in [-0.25, -0.2) is 15.0 Å². The van der Waals surface area contributed by atoms with Gasteiger partial charge in [-0.2, -0.15) is 0 Å². The van der Waals surface area contributed by atoms with Gasteiger partial charge in [-0.15, -0.1) is 0 Å². The van der Waals surface area contributed by atoms with Crippen molar-refractivity contribution in [3.63, 3.8) is 0 Å².